The molecule has 1 heterocycles. The van der Waals surface area contributed by atoms with Crippen LogP contribution in [-0.2, 0) is 14.3 Å². The van der Waals surface area contributed by atoms with Crippen molar-refractivity contribution >= 4 is 5.91 Å². The number of amides is 1. The van der Waals surface area contributed by atoms with Crippen LogP contribution in [0.5, 0.6) is 0 Å². The normalized spacial score (nSPS) is 18.6. The summed E-state index contributed by atoms with van der Waals surface area (Å²) in [5, 5.41) is 54.7. The van der Waals surface area contributed by atoms with Gasteiger partial charge in [0.05, 0.1) is 25.4 Å². The van der Waals surface area contributed by atoms with Gasteiger partial charge in [0.15, 0.2) is 6.29 Å². The minimum absolute atomic E-state index is 0.186. The second-order valence-electron chi connectivity index (χ2n) is 25.0. The Bertz CT molecular complexity index is 1560. The number of allylic oxidation sites excluding steroid dienone is 11. The number of nitrogens with one attached hydrogen (secondary N) is 1. The maximum Gasteiger partial charge on any atom is 0.220 e. The van der Waals surface area contributed by atoms with Crippen molar-refractivity contribution in [1.82, 2.24) is 5.32 Å². The monoisotopic (exact) mass is 1180 g/mol. The van der Waals surface area contributed by atoms with E-state index in [0.29, 0.717) is 6.42 Å². The molecule has 0 radical (unpaired) electrons. The van der Waals surface area contributed by atoms with Crippen molar-refractivity contribution in [3.63, 3.8) is 0 Å². The molecule has 9 nitrogen and oxygen atoms in total. The van der Waals surface area contributed by atoms with Crippen molar-refractivity contribution in [3.8, 4) is 0 Å². The molecule has 84 heavy (non-hydrogen) atoms. The first kappa shape index (κ1) is 79.6. The second kappa shape index (κ2) is 63.6. The summed E-state index contributed by atoms with van der Waals surface area (Å²) in [5.41, 5.74) is 0. The standard InChI is InChI=1S/C75H137NO8/c1-3-5-7-9-11-13-15-17-19-21-23-25-27-29-30-31-32-33-34-35-36-37-38-39-40-41-43-45-47-49-51-53-55-57-59-61-63-65-71(79)76-68(67-83-75-74(82)73(81)72(80)70(66-77)84-75)69(78)64-62-60-58-56-54-52-50-48-46-44-42-28-26-24-22-20-18-16-14-12-10-8-6-4-2/h15,17,21,23,27,29,46,48,54,56,62,64,68-70,72-75,77-78,80-82H,3-14,16,18-20,22,24-26,28,30-45,47,49-53,55,57-61,63,65-67H2,1-2H3,(H,76,79)/b17-15-,23-21-,29-27-,48-46+,56-54+,64-62+. The Kier molecular flexibility index (Phi) is 60.3. The van der Waals surface area contributed by atoms with Crippen molar-refractivity contribution < 1.29 is 39.8 Å². The zero-order chi connectivity index (χ0) is 60.7. The highest BCUT2D eigenvalue weighted by molar-refractivity contribution is 5.76. The van der Waals surface area contributed by atoms with Crippen molar-refractivity contribution in [2.45, 2.75) is 384 Å². The summed E-state index contributed by atoms with van der Waals surface area (Å²) in [5.74, 6) is -0.186. The van der Waals surface area contributed by atoms with Crippen LogP contribution in [0.2, 0.25) is 0 Å². The van der Waals surface area contributed by atoms with Gasteiger partial charge in [-0.3, -0.25) is 4.79 Å². The van der Waals surface area contributed by atoms with E-state index >= 15 is 0 Å². The smallest absolute Gasteiger partial charge is 0.220 e. The van der Waals surface area contributed by atoms with Gasteiger partial charge in [0.2, 0.25) is 5.91 Å². The fourth-order valence-corrected chi connectivity index (χ4v) is 11.3. The summed E-state index contributed by atoms with van der Waals surface area (Å²) in [6.45, 7) is 3.78. The molecule has 0 aromatic carbocycles. The van der Waals surface area contributed by atoms with Crippen molar-refractivity contribution in [1.29, 1.82) is 0 Å². The molecule has 1 fully saturated rings. The van der Waals surface area contributed by atoms with Gasteiger partial charge in [-0.25, -0.2) is 0 Å². The van der Waals surface area contributed by atoms with Gasteiger partial charge in [0.25, 0.3) is 0 Å². The number of hydrogen-bond acceptors (Lipinski definition) is 8. The Balaban J connectivity index is 2.11. The molecule has 1 amide bonds. The fraction of sp³-hybridized carbons (Fsp3) is 0.827. The maximum atomic E-state index is 13.1. The number of aliphatic hydroxyl groups excluding tert-OH is 5. The third-order valence-electron chi connectivity index (χ3n) is 17.0. The molecular formula is C75H137NO8. The van der Waals surface area contributed by atoms with Crippen molar-refractivity contribution in [2.24, 2.45) is 0 Å². The summed E-state index contributed by atoms with van der Waals surface area (Å²) >= 11 is 0. The molecule has 7 unspecified atom stereocenters. The Labute approximate surface area is 519 Å². The third kappa shape index (κ3) is 51.7. The van der Waals surface area contributed by atoms with Gasteiger partial charge in [-0.05, 0) is 83.5 Å². The first-order valence-corrected chi connectivity index (χ1v) is 36.2. The summed E-state index contributed by atoms with van der Waals surface area (Å²) in [4.78, 5) is 13.1. The van der Waals surface area contributed by atoms with Crippen LogP contribution in [0.3, 0.4) is 0 Å². The number of aliphatic hydroxyl groups is 5. The van der Waals surface area contributed by atoms with Crippen molar-refractivity contribution in [3.05, 3.63) is 72.9 Å². The Hall–Kier alpha value is -2.37. The largest absolute Gasteiger partial charge is 0.394 e. The predicted molar refractivity (Wildman–Crippen MR) is 359 cm³/mol. The molecule has 7 atom stereocenters. The fourth-order valence-electron chi connectivity index (χ4n) is 11.3. The minimum atomic E-state index is -1.58. The molecule has 0 bridgehead atoms. The number of rotatable bonds is 63. The van der Waals surface area contributed by atoms with E-state index in [1.165, 1.54) is 263 Å². The van der Waals surface area contributed by atoms with Crippen LogP contribution < -0.4 is 5.32 Å². The van der Waals surface area contributed by atoms with Gasteiger partial charge in [-0.2, -0.15) is 0 Å². The molecule has 9 heteroatoms. The van der Waals surface area contributed by atoms with Gasteiger partial charge in [-0.1, -0.05) is 324 Å². The van der Waals surface area contributed by atoms with E-state index in [1.54, 1.807) is 6.08 Å². The highest BCUT2D eigenvalue weighted by atomic mass is 16.7. The second-order valence-corrected chi connectivity index (χ2v) is 25.0. The first-order chi connectivity index (χ1) is 41.3. The van der Waals surface area contributed by atoms with Crippen molar-refractivity contribution in [2.75, 3.05) is 13.2 Å². The van der Waals surface area contributed by atoms with Crippen LogP contribution in [0.25, 0.3) is 0 Å². The molecule has 0 aromatic heterocycles. The number of ether oxygens (including phenoxy) is 2. The molecule has 0 aromatic rings. The average Bonchev–Trinajstić information content (AvgIpc) is 3.70. The van der Waals surface area contributed by atoms with E-state index in [1.807, 2.05) is 6.08 Å². The molecule has 1 aliphatic heterocycles. The van der Waals surface area contributed by atoms with E-state index in [9.17, 15) is 30.3 Å². The zero-order valence-electron chi connectivity index (χ0n) is 54.9. The Morgan fingerprint density at radius 1 is 0.405 bits per heavy atom. The van der Waals surface area contributed by atoms with Gasteiger partial charge in [-0.15, -0.1) is 0 Å². The van der Waals surface area contributed by atoms with Gasteiger partial charge in [0, 0.05) is 6.42 Å². The summed E-state index contributed by atoms with van der Waals surface area (Å²) in [6, 6.07) is -0.831. The van der Waals surface area contributed by atoms with E-state index in [-0.39, 0.29) is 12.5 Å². The van der Waals surface area contributed by atoms with Crippen LogP contribution in [0.4, 0.5) is 0 Å². The number of hydrogen-bond donors (Lipinski definition) is 6. The lowest BCUT2D eigenvalue weighted by Gasteiger charge is -2.40. The Morgan fingerprint density at radius 3 is 1.08 bits per heavy atom. The summed E-state index contributed by atoms with van der Waals surface area (Å²) in [7, 11) is 0. The minimum Gasteiger partial charge on any atom is -0.394 e. The SMILES string of the molecule is CCCCCCC/C=C\C/C=C\C/C=C\CCCCCCCCCCCCCCCCCCCCCCCCC(=O)NC(COC1OC(CO)C(O)C(O)C1O)C(O)/C=C/CC/C=C/CC/C=C/CCCCCCCCCCCCCCCC. The van der Waals surface area contributed by atoms with E-state index in [2.05, 4.69) is 79.9 Å². The van der Waals surface area contributed by atoms with Gasteiger partial charge in [0.1, 0.15) is 24.4 Å². The highest BCUT2D eigenvalue weighted by Crippen LogP contribution is 2.23. The maximum absolute atomic E-state index is 13.1. The van der Waals surface area contributed by atoms with E-state index in [4.69, 9.17) is 9.47 Å². The summed E-state index contributed by atoms with van der Waals surface area (Å²) < 4.78 is 11.3. The highest BCUT2D eigenvalue weighted by Gasteiger charge is 2.44. The molecule has 0 saturated carbocycles. The third-order valence-corrected chi connectivity index (χ3v) is 17.0. The molecule has 1 aliphatic rings. The lowest BCUT2D eigenvalue weighted by molar-refractivity contribution is -0.302. The van der Waals surface area contributed by atoms with Gasteiger partial charge >= 0.3 is 0 Å². The van der Waals surface area contributed by atoms with Crippen LogP contribution >= 0.6 is 0 Å². The average molecular weight is 1180 g/mol. The zero-order valence-corrected chi connectivity index (χ0v) is 54.9. The molecule has 1 saturated heterocycles. The predicted octanol–water partition coefficient (Wildman–Crippen LogP) is 19.9. The molecule has 0 aliphatic carbocycles. The summed E-state index contributed by atoms with van der Waals surface area (Å²) in [6.07, 6.45) is 83.1. The number of unbranched alkanes of at least 4 members (excludes halogenated alkanes) is 43. The van der Waals surface area contributed by atoms with Crippen LogP contribution in [-0.4, -0.2) is 87.5 Å². The van der Waals surface area contributed by atoms with Crippen LogP contribution in [0.1, 0.15) is 341 Å². The van der Waals surface area contributed by atoms with Crippen LogP contribution in [0.15, 0.2) is 72.9 Å². The molecule has 6 N–H and O–H groups in total. The van der Waals surface area contributed by atoms with E-state index < -0.39 is 49.5 Å². The van der Waals surface area contributed by atoms with E-state index in [0.717, 1.165) is 57.8 Å². The quantitative estimate of drug-likeness (QED) is 0.0261. The number of carbonyl (C=O) groups is 1. The molecule has 1 rings (SSSR count). The molecule has 0 spiro atoms. The lowest BCUT2D eigenvalue weighted by atomic mass is 9.99. The van der Waals surface area contributed by atoms with Crippen LogP contribution in [0, 0.1) is 0 Å². The van der Waals surface area contributed by atoms with Gasteiger partial charge < -0.3 is 40.3 Å². The topological polar surface area (TPSA) is 149 Å². The number of carbonyl (C=O) groups excluding carboxylic acids is 1. The molecule has 490 valence electrons. The molecular weight excluding hydrogens is 1040 g/mol. The Morgan fingerprint density at radius 2 is 0.714 bits per heavy atom. The first-order valence-electron chi connectivity index (χ1n) is 36.2. The lowest BCUT2D eigenvalue weighted by Crippen LogP contribution is -2.60.